The molecule has 27 heavy (non-hydrogen) atoms. The highest BCUT2D eigenvalue weighted by Crippen LogP contribution is 2.26. The maximum atomic E-state index is 12.5. The van der Waals surface area contributed by atoms with Crippen molar-refractivity contribution in [3.63, 3.8) is 0 Å². The second kappa shape index (κ2) is 7.42. The molecule has 4 aromatic rings. The first-order valence-corrected chi connectivity index (χ1v) is 9.73. The van der Waals surface area contributed by atoms with Gasteiger partial charge >= 0.3 is 0 Å². The van der Waals surface area contributed by atoms with E-state index in [4.69, 9.17) is 0 Å². The molecule has 1 N–H and O–H groups in total. The molecule has 2 aromatic heterocycles. The Morgan fingerprint density at radius 1 is 1.19 bits per heavy atom. The molecule has 2 aromatic carbocycles. The van der Waals surface area contributed by atoms with Crippen molar-refractivity contribution in [3.05, 3.63) is 75.1 Å². The monoisotopic (exact) mass is 440 g/mol. The summed E-state index contributed by atoms with van der Waals surface area (Å²) >= 11 is 4.77. The molecular formula is C19H13BrN4O2S. The van der Waals surface area contributed by atoms with Gasteiger partial charge in [-0.15, -0.1) is 11.3 Å². The van der Waals surface area contributed by atoms with Crippen molar-refractivity contribution in [2.75, 3.05) is 5.32 Å². The highest BCUT2D eigenvalue weighted by atomic mass is 79.9. The molecule has 1 amide bonds. The lowest BCUT2D eigenvalue weighted by Gasteiger charge is -2.06. The lowest BCUT2D eigenvalue weighted by atomic mass is 10.2. The Kier molecular flexibility index (Phi) is 4.83. The summed E-state index contributed by atoms with van der Waals surface area (Å²) in [6.45, 7) is -0.123. The minimum Gasteiger partial charge on any atom is -0.300 e. The van der Waals surface area contributed by atoms with E-state index >= 15 is 0 Å². The number of hydrogen-bond acceptors (Lipinski definition) is 5. The SMILES string of the molecule is O=C(Cn1cnc2ccccc2c1=O)Nc1nc(-c2cccc(Br)c2)cs1. The molecule has 0 spiro atoms. The third kappa shape index (κ3) is 3.81. The van der Waals surface area contributed by atoms with Gasteiger partial charge in [0.05, 0.1) is 22.9 Å². The van der Waals surface area contributed by atoms with Crippen LogP contribution in [-0.4, -0.2) is 20.4 Å². The molecule has 0 aliphatic carbocycles. The van der Waals surface area contributed by atoms with Crippen LogP contribution in [0.2, 0.25) is 0 Å². The Hall–Kier alpha value is -2.84. The fourth-order valence-corrected chi connectivity index (χ4v) is 3.78. The van der Waals surface area contributed by atoms with Gasteiger partial charge in [0.1, 0.15) is 6.54 Å². The number of para-hydroxylation sites is 1. The zero-order valence-corrected chi connectivity index (χ0v) is 16.3. The molecule has 0 saturated heterocycles. The van der Waals surface area contributed by atoms with Crippen LogP contribution in [0.5, 0.6) is 0 Å². The number of amides is 1. The lowest BCUT2D eigenvalue weighted by Crippen LogP contribution is -2.27. The fourth-order valence-electron chi connectivity index (χ4n) is 2.64. The van der Waals surface area contributed by atoms with Gasteiger partial charge in [0, 0.05) is 15.4 Å². The summed E-state index contributed by atoms with van der Waals surface area (Å²) in [5, 5.41) is 5.58. The van der Waals surface area contributed by atoms with E-state index in [1.54, 1.807) is 18.2 Å². The van der Waals surface area contributed by atoms with Crippen LogP contribution in [0.1, 0.15) is 0 Å². The minimum atomic E-state index is -0.329. The quantitative estimate of drug-likeness (QED) is 0.521. The molecule has 6 nitrogen and oxygen atoms in total. The maximum absolute atomic E-state index is 12.5. The van der Waals surface area contributed by atoms with Gasteiger partial charge in [-0.2, -0.15) is 0 Å². The molecule has 0 saturated carbocycles. The van der Waals surface area contributed by atoms with Crippen LogP contribution in [0.4, 0.5) is 5.13 Å². The van der Waals surface area contributed by atoms with Gasteiger partial charge in [-0.25, -0.2) is 9.97 Å². The highest BCUT2D eigenvalue weighted by Gasteiger charge is 2.11. The number of benzene rings is 2. The maximum Gasteiger partial charge on any atom is 0.261 e. The minimum absolute atomic E-state index is 0.123. The number of thiazole rings is 1. The van der Waals surface area contributed by atoms with Crippen molar-refractivity contribution in [1.29, 1.82) is 0 Å². The van der Waals surface area contributed by atoms with Gasteiger partial charge in [-0.05, 0) is 24.3 Å². The summed E-state index contributed by atoms with van der Waals surface area (Å²) in [7, 11) is 0. The molecule has 134 valence electrons. The van der Waals surface area contributed by atoms with Crippen molar-refractivity contribution in [3.8, 4) is 11.3 Å². The third-order valence-corrected chi connectivity index (χ3v) is 5.17. The number of hydrogen-bond donors (Lipinski definition) is 1. The molecule has 8 heteroatoms. The summed E-state index contributed by atoms with van der Waals surface area (Å²) in [5.74, 6) is -0.329. The van der Waals surface area contributed by atoms with Crippen LogP contribution in [-0.2, 0) is 11.3 Å². The number of anilines is 1. The van der Waals surface area contributed by atoms with Crippen LogP contribution in [0.15, 0.2) is 69.5 Å². The largest absolute Gasteiger partial charge is 0.300 e. The van der Waals surface area contributed by atoms with Crippen molar-refractivity contribution in [2.45, 2.75) is 6.54 Å². The van der Waals surface area contributed by atoms with Gasteiger partial charge < -0.3 is 5.32 Å². The fraction of sp³-hybridized carbons (Fsp3) is 0.0526. The first kappa shape index (κ1) is 17.6. The number of aromatic nitrogens is 3. The number of nitrogens with one attached hydrogen (secondary N) is 1. The van der Waals surface area contributed by atoms with E-state index in [-0.39, 0.29) is 18.0 Å². The molecule has 0 fully saturated rings. The second-order valence-corrected chi connectivity index (χ2v) is 7.56. The van der Waals surface area contributed by atoms with Gasteiger partial charge in [0.25, 0.3) is 5.56 Å². The Morgan fingerprint density at radius 2 is 2.04 bits per heavy atom. The van der Waals surface area contributed by atoms with Crippen LogP contribution in [0.25, 0.3) is 22.2 Å². The first-order chi connectivity index (χ1) is 13.1. The molecule has 0 radical (unpaired) electrons. The Morgan fingerprint density at radius 3 is 2.89 bits per heavy atom. The first-order valence-electron chi connectivity index (χ1n) is 8.06. The van der Waals surface area contributed by atoms with Gasteiger partial charge in [0.15, 0.2) is 5.13 Å². The van der Waals surface area contributed by atoms with Crippen LogP contribution >= 0.6 is 27.3 Å². The van der Waals surface area contributed by atoms with Gasteiger partial charge in [-0.1, -0.05) is 40.2 Å². The van der Waals surface area contributed by atoms with Crippen LogP contribution < -0.4 is 10.9 Å². The van der Waals surface area contributed by atoms with Gasteiger partial charge in [0.2, 0.25) is 5.91 Å². The Balaban J connectivity index is 1.50. The normalized spacial score (nSPS) is 10.9. The van der Waals surface area contributed by atoms with E-state index in [0.717, 1.165) is 15.7 Å². The number of nitrogens with zero attached hydrogens (tertiary/aromatic N) is 3. The molecule has 2 heterocycles. The summed E-state index contributed by atoms with van der Waals surface area (Å²) in [4.78, 5) is 33.5. The molecule has 0 unspecified atom stereocenters. The van der Waals surface area contributed by atoms with Crippen molar-refractivity contribution in [2.24, 2.45) is 0 Å². The van der Waals surface area contributed by atoms with E-state index in [1.807, 2.05) is 35.7 Å². The molecule has 0 atom stereocenters. The Labute approximate surface area is 166 Å². The number of carbonyl (C=O) groups is 1. The summed E-state index contributed by atoms with van der Waals surface area (Å²) in [6.07, 6.45) is 1.39. The number of rotatable bonds is 4. The smallest absolute Gasteiger partial charge is 0.261 e. The number of fused-ring (bicyclic) bond motifs is 1. The topological polar surface area (TPSA) is 76.9 Å². The van der Waals surface area contributed by atoms with E-state index in [0.29, 0.717) is 16.0 Å². The average Bonchev–Trinajstić information content (AvgIpc) is 3.13. The van der Waals surface area contributed by atoms with Gasteiger partial charge in [-0.3, -0.25) is 14.2 Å². The van der Waals surface area contributed by atoms with E-state index in [9.17, 15) is 9.59 Å². The summed E-state index contributed by atoms with van der Waals surface area (Å²) in [5.41, 5.74) is 2.10. The number of carbonyl (C=O) groups excluding carboxylic acids is 1. The van der Waals surface area contributed by atoms with Crippen LogP contribution in [0, 0.1) is 0 Å². The van der Waals surface area contributed by atoms with E-state index in [2.05, 4.69) is 31.2 Å². The molecule has 4 rings (SSSR count). The van der Waals surface area contributed by atoms with Crippen molar-refractivity contribution in [1.82, 2.24) is 14.5 Å². The zero-order chi connectivity index (χ0) is 18.8. The molecule has 0 aliphatic rings. The van der Waals surface area contributed by atoms with E-state index < -0.39 is 0 Å². The number of halogens is 1. The lowest BCUT2D eigenvalue weighted by molar-refractivity contribution is -0.116. The predicted octanol–water partition coefficient (Wildman–Crippen LogP) is 3.92. The van der Waals surface area contributed by atoms with E-state index in [1.165, 1.54) is 22.2 Å². The molecule has 0 aliphatic heterocycles. The summed E-state index contributed by atoms with van der Waals surface area (Å²) in [6, 6.07) is 14.8. The molecule has 0 bridgehead atoms. The average molecular weight is 441 g/mol. The van der Waals surface area contributed by atoms with Crippen LogP contribution in [0.3, 0.4) is 0 Å². The molecular weight excluding hydrogens is 428 g/mol. The zero-order valence-electron chi connectivity index (χ0n) is 13.9. The standard InChI is InChI=1S/C19H13BrN4O2S/c20-13-5-3-4-12(8-13)16-10-27-19(22-16)23-17(25)9-24-11-21-15-7-2-1-6-14(15)18(24)26/h1-8,10-11H,9H2,(H,22,23,25). The highest BCUT2D eigenvalue weighted by molar-refractivity contribution is 9.10. The van der Waals surface area contributed by atoms with Crippen molar-refractivity contribution >= 4 is 49.2 Å². The predicted molar refractivity (Wildman–Crippen MR) is 110 cm³/mol. The second-order valence-electron chi connectivity index (χ2n) is 5.79. The third-order valence-electron chi connectivity index (χ3n) is 3.92. The Bertz CT molecular complexity index is 1200. The van der Waals surface area contributed by atoms with Crippen molar-refractivity contribution < 1.29 is 4.79 Å². The summed E-state index contributed by atoms with van der Waals surface area (Å²) < 4.78 is 2.25.